The summed E-state index contributed by atoms with van der Waals surface area (Å²) < 4.78 is 23.2. The number of aliphatic carboxylic acids is 3. The first-order valence-electron chi connectivity index (χ1n) is 4.70. The molecule has 0 saturated carbocycles. The largest absolute Gasteiger partial charge is 0.481 e. The van der Waals surface area contributed by atoms with E-state index in [1.807, 2.05) is 0 Å². The zero-order chi connectivity index (χ0) is 18.4. The van der Waals surface area contributed by atoms with Gasteiger partial charge in [0.25, 0.3) is 0 Å². The van der Waals surface area contributed by atoms with Crippen molar-refractivity contribution in [2.75, 3.05) is 0 Å². The summed E-state index contributed by atoms with van der Waals surface area (Å²) in [5.41, 5.74) is -3.02. The van der Waals surface area contributed by atoms with Crippen LogP contribution < -0.4 is 0 Å². The van der Waals surface area contributed by atoms with Crippen LogP contribution in [0.4, 0.5) is 0 Å². The van der Waals surface area contributed by atoms with Crippen molar-refractivity contribution in [1.82, 2.24) is 0 Å². The summed E-state index contributed by atoms with van der Waals surface area (Å²) in [6, 6.07) is 0. The van der Waals surface area contributed by atoms with Gasteiger partial charge in [-0.3, -0.25) is 14.1 Å². The third-order valence-corrected chi connectivity index (χ3v) is 2.14. The van der Waals surface area contributed by atoms with Gasteiger partial charge in [-0.1, -0.05) is 0 Å². The topological polar surface area (TPSA) is 256 Å². The van der Waals surface area contributed by atoms with Crippen LogP contribution in [0.5, 0.6) is 0 Å². The van der Waals surface area contributed by atoms with Crippen LogP contribution >= 0.6 is 15.6 Å². The summed E-state index contributed by atoms with van der Waals surface area (Å²) >= 11 is 0. The molecule has 0 radical (unpaired) electrons. The molecule has 0 spiro atoms. The number of rotatable bonds is 7. The Labute approximate surface area is 121 Å². The Morgan fingerprint density at radius 2 is 1.09 bits per heavy atom. The molecule has 130 valence electrons. The molecule has 0 aromatic rings. The number of carbonyl (C=O) groups is 3. The Morgan fingerprint density at radius 3 is 1.23 bits per heavy atom. The molecule has 0 saturated heterocycles. The predicted molar refractivity (Wildman–Crippen MR) is 62.3 cm³/mol. The summed E-state index contributed by atoms with van der Waals surface area (Å²) in [6.07, 6.45) is -2.81. The molecule has 0 rings (SSSR count). The Bertz CT molecular complexity index is 487. The van der Waals surface area contributed by atoms with E-state index in [-0.39, 0.29) is 0 Å². The van der Waals surface area contributed by atoms with Crippen molar-refractivity contribution >= 4 is 33.6 Å². The minimum atomic E-state index is -5.36. The average molecular weight is 370 g/mol. The second-order valence-electron chi connectivity index (χ2n) is 3.54. The fraction of sp³-hybridized carbons (Fsp3) is 0.500. The quantitative estimate of drug-likeness (QED) is 0.224. The maximum Gasteiger partial charge on any atom is 0.470 e. The summed E-state index contributed by atoms with van der Waals surface area (Å²) in [5.74, 6) is -5.64. The Kier molecular flexibility index (Phi) is 8.65. The maximum absolute atomic E-state index is 10.8. The molecule has 0 heterocycles. The van der Waals surface area contributed by atoms with Crippen LogP contribution in [-0.4, -0.2) is 63.3 Å². The van der Waals surface area contributed by atoms with E-state index in [9.17, 15) is 18.9 Å². The molecule has 14 nitrogen and oxygen atoms in total. The smallest absolute Gasteiger partial charge is 0.470 e. The first-order valence-corrected chi connectivity index (χ1v) is 7.79. The molecule has 16 heteroatoms. The van der Waals surface area contributed by atoms with Crippen LogP contribution in [0, 0.1) is 0 Å². The summed E-state index contributed by atoms with van der Waals surface area (Å²) in [6.45, 7) is 0. The van der Waals surface area contributed by atoms with E-state index in [4.69, 9.17) is 44.4 Å². The van der Waals surface area contributed by atoms with Gasteiger partial charge in [-0.05, 0) is 0 Å². The van der Waals surface area contributed by atoms with Gasteiger partial charge in [0, 0.05) is 0 Å². The van der Waals surface area contributed by atoms with Gasteiger partial charge >= 0.3 is 33.6 Å². The third-order valence-electron chi connectivity index (χ3n) is 1.56. The molecule has 0 aromatic carbocycles. The number of hydrogen-bond acceptors (Lipinski definition) is 6. The third kappa shape index (κ3) is 13.6. The van der Waals surface area contributed by atoms with Crippen molar-refractivity contribution in [1.29, 1.82) is 0 Å². The van der Waals surface area contributed by atoms with E-state index in [1.54, 1.807) is 0 Å². The summed E-state index contributed by atoms with van der Waals surface area (Å²) in [4.78, 5) is 70.1. The SMILES string of the molecule is O=C(O)CC(CC(=O)O)(OP(=O)(O)O)C(=O)O.O=P(O)(O)O. The van der Waals surface area contributed by atoms with Crippen LogP contribution in [0.2, 0.25) is 0 Å². The van der Waals surface area contributed by atoms with Gasteiger partial charge in [0.05, 0.1) is 12.8 Å². The molecule has 0 aliphatic carbocycles. The van der Waals surface area contributed by atoms with Crippen molar-refractivity contribution in [3.8, 4) is 0 Å². The molecule has 0 amide bonds. The van der Waals surface area contributed by atoms with Gasteiger partial charge in [0.1, 0.15) is 0 Å². The lowest BCUT2D eigenvalue weighted by molar-refractivity contribution is -0.168. The molecule has 0 aromatic heterocycles. The van der Waals surface area contributed by atoms with Crippen LogP contribution in [0.1, 0.15) is 12.8 Å². The van der Waals surface area contributed by atoms with E-state index < -0.39 is 52.0 Å². The molecule has 0 atom stereocenters. The van der Waals surface area contributed by atoms with E-state index in [1.165, 1.54) is 0 Å². The number of carboxylic acid groups (broad SMARTS) is 3. The first-order chi connectivity index (χ1) is 9.48. The predicted octanol–water partition coefficient (Wildman–Crippen LogP) is -2.06. The van der Waals surface area contributed by atoms with Gasteiger partial charge in [-0.25, -0.2) is 13.9 Å². The van der Waals surface area contributed by atoms with Gasteiger partial charge in [0.2, 0.25) is 0 Å². The highest BCUT2D eigenvalue weighted by Gasteiger charge is 2.49. The standard InChI is InChI=1S/C6H9O10P.H3O4P/c7-3(8)1-6(5(11)12,2-4(9)10)16-17(13,14)15;1-5(2,3)4/h1-2H2,(H,7,8)(H,9,10)(H,11,12)(H2,13,14,15);(H3,1,2,3,4). The minimum Gasteiger partial charge on any atom is -0.481 e. The van der Waals surface area contributed by atoms with Crippen LogP contribution in [-0.2, 0) is 28.0 Å². The first kappa shape index (κ1) is 22.9. The average Bonchev–Trinajstić information content (AvgIpc) is 2.07. The highest BCUT2D eigenvalue weighted by Crippen LogP contribution is 2.44. The molecule has 0 fully saturated rings. The van der Waals surface area contributed by atoms with Crippen molar-refractivity contribution in [3.05, 3.63) is 0 Å². The maximum atomic E-state index is 10.8. The molecular formula is C6H12O14P2. The molecule has 22 heavy (non-hydrogen) atoms. The van der Waals surface area contributed by atoms with E-state index in [2.05, 4.69) is 4.52 Å². The molecule has 0 aliphatic rings. The number of phosphoric ester groups is 1. The fourth-order valence-electron chi connectivity index (χ4n) is 1.03. The molecule has 0 unspecified atom stereocenters. The lowest BCUT2D eigenvalue weighted by atomic mass is 9.96. The zero-order valence-electron chi connectivity index (χ0n) is 10.3. The lowest BCUT2D eigenvalue weighted by Crippen LogP contribution is -2.44. The van der Waals surface area contributed by atoms with Gasteiger partial charge in [-0.15, -0.1) is 0 Å². The molecule has 0 bridgehead atoms. The van der Waals surface area contributed by atoms with Gasteiger partial charge in [0.15, 0.2) is 5.60 Å². The van der Waals surface area contributed by atoms with Crippen molar-refractivity contribution in [2.24, 2.45) is 0 Å². The van der Waals surface area contributed by atoms with Crippen LogP contribution in [0.3, 0.4) is 0 Å². The fourth-order valence-corrected chi connectivity index (χ4v) is 1.70. The second-order valence-corrected chi connectivity index (χ2v) is 5.73. The van der Waals surface area contributed by atoms with Gasteiger partial charge < -0.3 is 39.8 Å². The monoisotopic (exact) mass is 370 g/mol. The minimum absolute atomic E-state index is 1.40. The van der Waals surface area contributed by atoms with Crippen LogP contribution in [0.15, 0.2) is 0 Å². The Morgan fingerprint density at radius 1 is 0.818 bits per heavy atom. The zero-order valence-corrected chi connectivity index (χ0v) is 12.1. The van der Waals surface area contributed by atoms with E-state index in [0.29, 0.717) is 0 Å². The molecule has 0 aliphatic heterocycles. The number of phosphoric acid groups is 2. The highest BCUT2D eigenvalue weighted by molar-refractivity contribution is 7.46. The van der Waals surface area contributed by atoms with Crippen LogP contribution in [0.25, 0.3) is 0 Å². The number of carboxylic acids is 3. The number of hydrogen-bond donors (Lipinski definition) is 8. The Hall–Kier alpha value is -1.37. The van der Waals surface area contributed by atoms with Crippen molar-refractivity contribution < 1.29 is 67.8 Å². The molecule has 8 N–H and O–H groups in total. The summed E-state index contributed by atoms with van der Waals surface area (Å²) in [5, 5.41) is 25.5. The Balaban J connectivity index is 0. The normalized spacial score (nSPS) is 12.0. The van der Waals surface area contributed by atoms with E-state index >= 15 is 0 Å². The van der Waals surface area contributed by atoms with Gasteiger partial charge in [-0.2, -0.15) is 0 Å². The molecular weight excluding hydrogens is 358 g/mol. The second kappa shape index (κ2) is 8.31. The van der Waals surface area contributed by atoms with Crippen molar-refractivity contribution in [2.45, 2.75) is 18.4 Å². The van der Waals surface area contributed by atoms with E-state index in [0.717, 1.165) is 0 Å². The highest BCUT2D eigenvalue weighted by atomic mass is 31.2. The summed E-state index contributed by atoms with van der Waals surface area (Å²) in [7, 11) is -10.00. The lowest BCUT2D eigenvalue weighted by Gasteiger charge is -2.26. The van der Waals surface area contributed by atoms with Crippen molar-refractivity contribution in [3.63, 3.8) is 0 Å².